The fourth-order valence-electron chi connectivity index (χ4n) is 1.61. The van der Waals surface area contributed by atoms with Crippen molar-refractivity contribution in [3.63, 3.8) is 0 Å². The van der Waals surface area contributed by atoms with Crippen LogP contribution in [0.1, 0.15) is 44.0 Å². The summed E-state index contributed by atoms with van der Waals surface area (Å²) in [6.45, 7) is 7.85. The molecule has 2 N–H and O–H groups in total. The third-order valence-corrected chi connectivity index (χ3v) is 3.06. The van der Waals surface area contributed by atoms with Crippen LogP contribution in [0, 0.1) is 5.92 Å². The molecule has 0 atom stereocenters. The van der Waals surface area contributed by atoms with Crippen molar-refractivity contribution in [2.45, 2.75) is 33.6 Å². The fourth-order valence-corrected chi connectivity index (χ4v) is 1.88. The molecule has 0 heterocycles. The second-order valence-electron chi connectivity index (χ2n) is 5.08. The Kier molecular flexibility index (Phi) is 6.71. The summed E-state index contributed by atoms with van der Waals surface area (Å²) < 4.78 is 0. The second kappa shape index (κ2) is 8.05. The topological polar surface area (TPSA) is 41.1 Å². The molecule has 0 aliphatic heterocycles. The number of carbonyl (C=O) groups is 1. The molecule has 4 heteroatoms. The third-order valence-electron chi connectivity index (χ3n) is 2.74. The summed E-state index contributed by atoms with van der Waals surface area (Å²) >= 11 is 6.15. The number of carbonyl (C=O) groups excluding carboxylic acids is 1. The number of nitrogens with one attached hydrogen (secondary N) is 2. The molecular formula is C15H23ClN2O. The van der Waals surface area contributed by atoms with Gasteiger partial charge in [-0.1, -0.05) is 38.8 Å². The summed E-state index contributed by atoms with van der Waals surface area (Å²) in [5.41, 5.74) is 1.49. The first-order chi connectivity index (χ1) is 9.04. The van der Waals surface area contributed by atoms with Gasteiger partial charge < -0.3 is 10.6 Å². The number of unbranched alkanes of at least 4 members (excludes halogenated alkanes) is 1. The molecular weight excluding hydrogens is 260 g/mol. The summed E-state index contributed by atoms with van der Waals surface area (Å²) in [6.07, 6.45) is 2.27. The van der Waals surface area contributed by atoms with Gasteiger partial charge in [-0.05, 0) is 30.5 Å². The molecule has 0 saturated carbocycles. The fraction of sp³-hybridized carbons (Fsp3) is 0.533. The number of halogens is 1. The summed E-state index contributed by atoms with van der Waals surface area (Å²) in [5.74, 6) is 0.316. The molecule has 1 rings (SSSR count). The van der Waals surface area contributed by atoms with Crippen LogP contribution in [0.5, 0.6) is 0 Å². The van der Waals surface area contributed by atoms with Crippen LogP contribution in [0.3, 0.4) is 0 Å². The zero-order valence-electron chi connectivity index (χ0n) is 11.9. The lowest BCUT2D eigenvalue weighted by Crippen LogP contribution is -2.27. The highest BCUT2D eigenvalue weighted by atomic mass is 35.5. The summed E-state index contributed by atoms with van der Waals surface area (Å²) in [5, 5.41) is 6.64. The third kappa shape index (κ3) is 5.52. The minimum Gasteiger partial charge on any atom is -0.385 e. The molecule has 1 aromatic rings. The molecule has 0 saturated heterocycles. The normalized spacial score (nSPS) is 10.6. The molecule has 0 unspecified atom stereocenters. The Hall–Kier alpha value is -1.22. The van der Waals surface area contributed by atoms with E-state index in [1.54, 1.807) is 6.07 Å². The maximum Gasteiger partial charge on any atom is 0.252 e. The van der Waals surface area contributed by atoms with Crippen LogP contribution in [0.15, 0.2) is 18.2 Å². The van der Waals surface area contributed by atoms with Crippen LogP contribution in [-0.2, 0) is 0 Å². The molecule has 0 bridgehead atoms. The molecule has 0 aliphatic carbocycles. The highest BCUT2D eigenvalue weighted by Gasteiger charge is 2.10. The predicted molar refractivity (Wildman–Crippen MR) is 82.0 cm³/mol. The van der Waals surface area contributed by atoms with E-state index in [1.165, 1.54) is 0 Å². The van der Waals surface area contributed by atoms with Gasteiger partial charge in [-0.3, -0.25) is 4.79 Å². The number of anilines is 1. The number of hydrogen-bond donors (Lipinski definition) is 2. The molecule has 0 radical (unpaired) electrons. The maximum absolute atomic E-state index is 11.9. The number of benzene rings is 1. The van der Waals surface area contributed by atoms with E-state index >= 15 is 0 Å². The number of amides is 1. The first kappa shape index (κ1) is 15.8. The zero-order valence-corrected chi connectivity index (χ0v) is 12.7. The van der Waals surface area contributed by atoms with Crippen LogP contribution < -0.4 is 10.6 Å². The standard InChI is InChI=1S/C15H23ClN2O/c1-4-5-8-17-12-6-7-13(14(16)9-12)15(19)18-10-11(2)3/h6-7,9,11,17H,4-5,8,10H2,1-3H3,(H,18,19). The minimum absolute atomic E-state index is 0.112. The second-order valence-corrected chi connectivity index (χ2v) is 5.49. The van der Waals surface area contributed by atoms with Gasteiger partial charge in [-0.25, -0.2) is 0 Å². The van der Waals surface area contributed by atoms with Crippen LogP contribution >= 0.6 is 11.6 Å². The highest BCUT2D eigenvalue weighted by Crippen LogP contribution is 2.21. The average molecular weight is 283 g/mol. The van der Waals surface area contributed by atoms with Gasteiger partial charge in [-0.15, -0.1) is 0 Å². The van der Waals surface area contributed by atoms with Crippen LogP contribution in [-0.4, -0.2) is 19.0 Å². The van der Waals surface area contributed by atoms with Crippen LogP contribution in [0.2, 0.25) is 5.02 Å². The lowest BCUT2D eigenvalue weighted by atomic mass is 10.1. The molecule has 0 fully saturated rings. The first-order valence-electron chi connectivity index (χ1n) is 6.86. The van der Waals surface area contributed by atoms with Gasteiger partial charge in [0.05, 0.1) is 10.6 Å². The van der Waals surface area contributed by atoms with Gasteiger partial charge in [-0.2, -0.15) is 0 Å². The van der Waals surface area contributed by atoms with Crippen molar-refractivity contribution in [3.8, 4) is 0 Å². The quantitative estimate of drug-likeness (QED) is 0.744. The van der Waals surface area contributed by atoms with Crippen molar-refractivity contribution >= 4 is 23.2 Å². The number of hydrogen-bond acceptors (Lipinski definition) is 2. The van der Waals surface area contributed by atoms with E-state index in [1.807, 2.05) is 12.1 Å². The van der Waals surface area contributed by atoms with Crippen molar-refractivity contribution in [2.24, 2.45) is 5.92 Å². The minimum atomic E-state index is -0.112. The van der Waals surface area contributed by atoms with Crippen molar-refractivity contribution < 1.29 is 4.79 Å². The molecule has 0 aromatic heterocycles. The Morgan fingerprint density at radius 2 is 2.11 bits per heavy atom. The van der Waals surface area contributed by atoms with E-state index < -0.39 is 0 Å². The molecule has 106 valence electrons. The lowest BCUT2D eigenvalue weighted by Gasteiger charge is -2.11. The Labute approximate surface area is 120 Å². The van der Waals surface area contributed by atoms with Gasteiger partial charge in [0.2, 0.25) is 0 Å². The average Bonchev–Trinajstić information content (AvgIpc) is 2.36. The van der Waals surface area contributed by atoms with E-state index in [2.05, 4.69) is 31.4 Å². The summed E-state index contributed by atoms with van der Waals surface area (Å²) in [6, 6.07) is 5.47. The predicted octanol–water partition coefficient (Wildman–Crippen LogP) is 3.94. The lowest BCUT2D eigenvalue weighted by molar-refractivity contribution is 0.0949. The van der Waals surface area contributed by atoms with Crippen LogP contribution in [0.4, 0.5) is 5.69 Å². The smallest absolute Gasteiger partial charge is 0.252 e. The van der Waals surface area contributed by atoms with E-state index in [9.17, 15) is 4.79 Å². The van der Waals surface area contributed by atoms with Gasteiger partial charge in [0.15, 0.2) is 0 Å². The van der Waals surface area contributed by atoms with Gasteiger partial charge in [0.25, 0.3) is 5.91 Å². The zero-order chi connectivity index (χ0) is 14.3. The Bertz CT molecular complexity index is 419. The van der Waals surface area contributed by atoms with E-state index in [0.717, 1.165) is 25.1 Å². The molecule has 0 aliphatic rings. The number of rotatable bonds is 7. The Balaban J connectivity index is 2.63. The van der Waals surface area contributed by atoms with Gasteiger partial charge in [0, 0.05) is 18.8 Å². The molecule has 1 aromatic carbocycles. The SMILES string of the molecule is CCCCNc1ccc(C(=O)NCC(C)C)c(Cl)c1. The van der Waals surface area contributed by atoms with E-state index in [4.69, 9.17) is 11.6 Å². The van der Waals surface area contributed by atoms with Crippen molar-refractivity contribution in [2.75, 3.05) is 18.4 Å². The monoisotopic (exact) mass is 282 g/mol. The summed E-state index contributed by atoms with van der Waals surface area (Å²) in [7, 11) is 0. The molecule has 1 amide bonds. The highest BCUT2D eigenvalue weighted by molar-refractivity contribution is 6.34. The van der Waals surface area contributed by atoms with E-state index in [0.29, 0.717) is 23.0 Å². The van der Waals surface area contributed by atoms with Gasteiger partial charge in [0.1, 0.15) is 0 Å². The van der Waals surface area contributed by atoms with Gasteiger partial charge >= 0.3 is 0 Å². The molecule has 19 heavy (non-hydrogen) atoms. The van der Waals surface area contributed by atoms with Crippen LogP contribution in [0.25, 0.3) is 0 Å². The first-order valence-corrected chi connectivity index (χ1v) is 7.24. The van der Waals surface area contributed by atoms with Crippen molar-refractivity contribution in [1.29, 1.82) is 0 Å². The Morgan fingerprint density at radius 3 is 2.68 bits per heavy atom. The largest absolute Gasteiger partial charge is 0.385 e. The van der Waals surface area contributed by atoms with E-state index in [-0.39, 0.29) is 5.91 Å². The summed E-state index contributed by atoms with van der Waals surface area (Å²) in [4.78, 5) is 11.9. The van der Waals surface area contributed by atoms with Crippen molar-refractivity contribution in [3.05, 3.63) is 28.8 Å². The molecule has 3 nitrogen and oxygen atoms in total. The molecule has 0 spiro atoms. The maximum atomic E-state index is 11.9. The Morgan fingerprint density at radius 1 is 1.37 bits per heavy atom. The van der Waals surface area contributed by atoms with Crippen molar-refractivity contribution in [1.82, 2.24) is 5.32 Å².